The first-order chi connectivity index (χ1) is 22.5. The van der Waals surface area contributed by atoms with E-state index in [2.05, 4.69) is 41.9 Å². The van der Waals surface area contributed by atoms with Crippen LogP contribution < -0.4 is 21.6 Å². The molecule has 0 aliphatic heterocycles. The van der Waals surface area contributed by atoms with Crippen molar-refractivity contribution in [2.24, 2.45) is 32.1 Å². The van der Waals surface area contributed by atoms with Gasteiger partial charge in [0.2, 0.25) is 0 Å². The number of hydrogen-bond acceptors (Lipinski definition) is 12. The largest absolute Gasteiger partial charge is 0.462 e. The third-order valence-corrected chi connectivity index (χ3v) is 7.56. The summed E-state index contributed by atoms with van der Waals surface area (Å²) in [6.45, 7) is 13.6. The zero-order valence-electron chi connectivity index (χ0n) is 30.0. The number of hydrazone groups is 3. The Bertz CT molecular complexity index is 1240. The van der Waals surface area contributed by atoms with Crippen LogP contribution in [0.3, 0.4) is 0 Å². The van der Waals surface area contributed by atoms with Crippen LogP contribution in [-0.2, 0) is 28.7 Å². The number of nitrogens with one attached hydrogen (secondary N) is 4. The van der Waals surface area contributed by atoms with Crippen molar-refractivity contribution in [2.45, 2.75) is 119 Å². The van der Waals surface area contributed by atoms with E-state index in [1.165, 1.54) is 7.05 Å². The number of rotatable bonds is 21. The summed E-state index contributed by atoms with van der Waals surface area (Å²) in [5.74, 6) is -2.08. The van der Waals surface area contributed by atoms with E-state index in [-0.39, 0.29) is 50.1 Å². The van der Waals surface area contributed by atoms with Gasteiger partial charge in [0.15, 0.2) is 0 Å². The van der Waals surface area contributed by atoms with Gasteiger partial charge in [-0.3, -0.25) is 24.2 Å². The van der Waals surface area contributed by atoms with Crippen LogP contribution in [0.4, 0.5) is 9.59 Å². The number of amides is 4. The number of nitrogens with zero attached hydrogens (tertiary/aromatic N) is 4. The lowest BCUT2D eigenvalue weighted by molar-refractivity contribution is -0.153. The van der Waals surface area contributed by atoms with E-state index in [1.54, 1.807) is 55.5 Å². The molecular weight excluding hydrogens is 624 g/mol. The van der Waals surface area contributed by atoms with Gasteiger partial charge in [0.05, 0.1) is 24.7 Å². The number of urea groups is 2. The smallest absolute Gasteiger partial charge is 0.355 e. The van der Waals surface area contributed by atoms with E-state index < -0.39 is 48.0 Å². The van der Waals surface area contributed by atoms with Gasteiger partial charge in [0.25, 0.3) is 0 Å². The molecule has 0 aromatic heterocycles. The van der Waals surface area contributed by atoms with Crippen LogP contribution in [0.15, 0.2) is 20.3 Å². The molecule has 0 rings (SSSR count). The van der Waals surface area contributed by atoms with Crippen molar-refractivity contribution in [3.63, 3.8) is 0 Å². The van der Waals surface area contributed by atoms with Crippen LogP contribution in [0.2, 0.25) is 0 Å². The van der Waals surface area contributed by atoms with Gasteiger partial charge < -0.3 is 14.8 Å². The fraction of sp³-hybridized carbons (Fsp3) is 0.688. The quantitative estimate of drug-likeness (QED) is 0.0792. The molecule has 0 aliphatic carbocycles. The standard InChI is InChI=1S/C32H54N8O8/c1-19(33-9)11-15-27(41)23(5)25(7)47-30(44)18-14-22(4)37-40-32(46)39-36-20(2)12-16-28(42)24(6)26(8)48-29(43)17-13-21(3)35-38-31(45)34-10/h23-26H,11-18H2,1-10H3,(H2,34,38,45)(H2,39,40,46)/b33-19+,35-21+,36-20+,37-22+. The average molecular weight is 679 g/mol. The van der Waals surface area contributed by atoms with E-state index >= 15 is 0 Å². The van der Waals surface area contributed by atoms with Crippen LogP contribution in [0, 0.1) is 11.8 Å². The molecule has 0 aliphatic rings. The zero-order chi connectivity index (χ0) is 36.8. The molecule has 16 nitrogen and oxygen atoms in total. The molecule has 0 heterocycles. The lowest BCUT2D eigenvalue weighted by atomic mass is 9.96. The summed E-state index contributed by atoms with van der Waals surface area (Å²) >= 11 is 0. The van der Waals surface area contributed by atoms with Gasteiger partial charge in [-0.05, 0) is 67.2 Å². The van der Waals surface area contributed by atoms with Gasteiger partial charge in [0.1, 0.15) is 23.8 Å². The van der Waals surface area contributed by atoms with Crippen LogP contribution >= 0.6 is 0 Å². The molecule has 48 heavy (non-hydrogen) atoms. The van der Waals surface area contributed by atoms with Crippen molar-refractivity contribution in [1.82, 2.24) is 21.6 Å². The van der Waals surface area contributed by atoms with Crippen molar-refractivity contribution >= 4 is 58.4 Å². The van der Waals surface area contributed by atoms with Crippen molar-refractivity contribution in [1.29, 1.82) is 0 Å². The highest BCUT2D eigenvalue weighted by Gasteiger charge is 2.24. The molecule has 0 aromatic rings. The fourth-order valence-electron chi connectivity index (χ4n) is 3.69. The molecule has 4 atom stereocenters. The van der Waals surface area contributed by atoms with E-state index in [1.807, 2.05) is 6.92 Å². The molecule has 0 radical (unpaired) electrons. The molecule has 0 saturated carbocycles. The first-order valence-corrected chi connectivity index (χ1v) is 16.0. The number of ketones is 2. The highest BCUT2D eigenvalue weighted by Crippen LogP contribution is 2.15. The summed E-state index contributed by atoms with van der Waals surface area (Å²) in [5, 5.41) is 14.1. The highest BCUT2D eigenvalue weighted by molar-refractivity contribution is 5.91. The normalized spacial score (nSPS) is 15.0. The second-order valence-electron chi connectivity index (χ2n) is 11.6. The Morgan fingerprint density at radius 1 is 0.521 bits per heavy atom. The first-order valence-electron chi connectivity index (χ1n) is 16.0. The number of ether oxygens (including phenoxy) is 2. The second kappa shape index (κ2) is 23.8. The summed E-state index contributed by atoms with van der Waals surface area (Å²) in [5.41, 5.74) is 9.26. The summed E-state index contributed by atoms with van der Waals surface area (Å²) in [6, 6.07) is -1.17. The highest BCUT2D eigenvalue weighted by atomic mass is 16.5. The van der Waals surface area contributed by atoms with E-state index in [9.17, 15) is 28.8 Å². The monoisotopic (exact) mass is 678 g/mol. The molecule has 0 bridgehead atoms. The van der Waals surface area contributed by atoms with Crippen LogP contribution in [0.1, 0.15) is 107 Å². The fourth-order valence-corrected chi connectivity index (χ4v) is 3.69. The molecule has 0 saturated heterocycles. The molecule has 16 heteroatoms. The predicted molar refractivity (Wildman–Crippen MR) is 184 cm³/mol. The Hall–Kier alpha value is -4.50. The SMILES string of the molecule is C/N=C(\C)CCC(=O)C(C)C(C)OC(=O)CC/C(C)=N/NC(=O)N/N=C(\C)CCC(=O)C(C)C(C)OC(=O)CC/C(C)=N/NC(=O)NC. The molecule has 0 spiro atoms. The number of hydrogen-bond donors (Lipinski definition) is 4. The predicted octanol–water partition coefficient (Wildman–Crippen LogP) is 3.83. The minimum atomic E-state index is -0.703. The number of Topliss-reactive ketones (excluding diaryl/α,β-unsaturated/α-hetero) is 2. The molecule has 4 amide bonds. The zero-order valence-corrected chi connectivity index (χ0v) is 30.0. The van der Waals surface area contributed by atoms with Gasteiger partial charge in [-0.1, -0.05) is 13.8 Å². The maximum atomic E-state index is 12.6. The van der Waals surface area contributed by atoms with Crippen LogP contribution in [0.25, 0.3) is 0 Å². The number of aliphatic imine (C=N–C) groups is 1. The number of esters is 2. The molecule has 4 N–H and O–H groups in total. The van der Waals surface area contributed by atoms with Gasteiger partial charge in [-0.2, -0.15) is 15.3 Å². The number of carbonyl (C=O) groups excluding carboxylic acids is 6. The second-order valence-corrected chi connectivity index (χ2v) is 11.6. The van der Waals surface area contributed by atoms with Crippen molar-refractivity contribution in [2.75, 3.05) is 14.1 Å². The van der Waals surface area contributed by atoms with Gasteiger partial charge in [0, 0.05) is 49.8 Å². The molecule has 4 unspecified atom stereocenters. The van der Waals surface area contributed by atoms with Crippen molar-refractivity contribution < 1.29 is 38.2 Å². The lowest BCUT2D eigenvalue weighted by Crippen LogP contribution is -2.30. The third kappa shape index (κ3) is 19.9. The Kier molecular flexibility index (Phi) is 21.5. The average Bonchev–Trinajstić information content (AvgIpc) is 3.06. The van der Waals surface area contributed by atoms with E-state index in [4.69, 9.17) is 9.47 Å². The summed E-state index contributed by atoms with van der Waals surface area (Å²) in [6.07, 6.45) is 0.691. The third-order valence-electron chi connectivity index (χ3n) is 7.56. The van der Waals surface area contributed by atoms with Crippen molar-refractivity contribution in [3.8, 4) is 0 Å². The Balaban J connectivity index is 4.50. The lowest BCUT2D eigenvalue weighted by Gasteiger charge is -2.19. The Labute approximate surface area is 283 Å². The van der Waals surface area contributed by atoms with Gasteiger partial charge in [-0.25, -0.2) is 25.9 Å². The Morgan fingerprint density at radius 2 is 0.854 bits per heavy atom. The first kappa shape index (κ1) is 43.5. The van der Waals surface area contributed by atoms with Crippen molar-refractivity contribution in [3.05, 3.63) is 0 Å². The molecule has 0 fully saturated rings. The van der Waals surface area contributed by atoms with E-state index in [0.717, 1.165) is 5.71 Å². The van der Waals surface area contributed by atoms with Crippen LogP contribution in [0.5, 0.6) is 0 Å². The molecule has 0 aromatic carbocycles. The maximum Gasteiger partial charge on any atom is 0.355 e. The van der Waals surface area contributed by atoms with E-state index in [0.29, 0.717) is 30.0 Å². The summed E-state index contributed by atoms with van der Waals surface area (Å²) in [4.78, 5) is 76.7. The topological polar surface area (TPSA) is 218 Å². The maximum absolute atomic E-state index is 12.6. The molecular formula is C32H54N8O8. The summed E-state index contributed by atoms with van der Waals surface area (Å²) < 4.78 is 10.8. The minimum absolute atomic E-state index is 0.00231. The van der Waals surface area contributed by atoms with Gasteiger partial charge >= 0.3 is 24.0 Å². The minimum Gasteiger partial charge on any atom is -0.462 e. The van der Waals surface area contributed by atoms with Gasteiger partial charge in [-0.15, -0.1) is 0 Å². The Morgan fingerprint density at radius 3 is 1.21 bits per heavy atom. The molecule has 270 valence electrons. The number of carbonyl (C=O) groups is 6. The van der Waals surface area contributed by atoms with Crippen LogP contribution in [-0.4, -0.2) is 84.7 Å². The summed E-state index contributed by atoms with van der Waals surface area (Å²) in [7, 11) is 3.14.